The van der Waals surface area contributed by atoms with E-state index in [0.29, 0.717) is 6.61 Å². The summed E-state index contributed by atoms with van der Waals surface area (Å²) >= 11 is 0. The third-order valence-electron chi connectivity index (χ3n) is 8.78. The Labute approximate surface area is 270 Å². The molecule has 0 bridgehead atoms. The average molecular weight is 632 g/mol. The lowest BCUT2D eigenvalue weighted by molar-refractivity contribution is 0.139. The highest BCUT2D eigenvalue weighted by Gasteiger charge is 2.20. The molecular formula is C37H78NO4P. The van der Waals surface area contributed by atoms with Crippen LogP contribution in [-0.4, -0.2) is 42.6 Å². The van der Waals surface area contributed by atoms with Crippen molar-refractivity contribution >= 4 is 7.82 Å². The lowest BCUT2D eigenvalue weighted by Gasteiger charge is -2.22. The van der Waals surface area contributed by atoms with Crippen molar-refractivity contribution in [2.24, 2.45) is 0 Å². The van der Waals surface area contributed by atoms with Crippen LogP contribution in [0.3, 0.4) is 0 Å². The largest absolute Gasteiger partial charge is 0.472 e. The Hall–Kier alpha value is 0.0700. The van der Waals surface area contributed by atoms with E-state index in [9.17, 15) is 9.46 Å². The van der Waals surface area contributed by atoms with Crippen LogP contribution in [0, 0.1) is 0 Å². The zero-order chi connectivity index (χ0) is 31.5. The number of nitrogens with zero attached hydrogens (tertiary/aromatic N) is 1. The number of phosphoric acid groups is 1. The van der Waals surface area contributed by atoms with Crippen LogP contribution in [0.25, 0.3) is 0 Å². The number of phosphoric ester groups is 1. The van der Waals surface area contributed by atoms with Crippen molar-refractivity contribution in [2.75, 3.05) is 32.8 Å². The van der Waals surface area contributed by atoms with Crippen LogP contribution >= 0.6 is 7.82 Å². The van der Waals surface area contributed by atoms with Gasteiger partial charge in [0, 0.05) is 6.54 Å². The lowest BCUT2D eigenvalue weighted by Crippen LogP contribution is -2.28. The van der Waals surface area contributed by atoms with Crippen molar-refractivity contribution in [1.82, 2.24) is 4.90 Å². The smallest absolute Gasteiger partial charge is 0.303 e. The van der Waals surface area contributed by atoms with Gasteiger partial charge in [0.05, 0.1) is 13.2 Å². The summed E-state index contributed by atoms with van der Waals surface area (Å²) in [5, 5.41) is 0. The van der Waals surface area contributed by atoms with E-state index in [-0.39, 0.29) is 6.61 Å². The summed E-state index contributed by atoms with van der Waals surface area (Å²) < 4.78 is 22.9. The molecule has 0 fully saturated rings. The second kappa shape index (κ2) is 34.9. The summed E-state index contributed by atoms with van der Waals surface area (Å²) in [4.78, 5) is 12.7. The van der Waals surface area contributed by atoms with E-state index in [0.717, 1.165) is 38.9 Å². The van der Waals surface area contributed by atoms with Gasteiger partial charge in [0.25, 0.3) is 0 Å². The second-order valence-corrected chi connectivity index (χ2v) is 14.6. The quantitative estimate of drug-likeness (QED) is 0.0546. The molecule has 0 aromatic carbocycles. The molecule has 0 aliphatic carbocycles. The average Bonchev–Trinajstić information content (AvgIpc) is 2.99. The summed E-state index contributed by atoms with van der Waals surface area (Å²) in [5.74, 6) is 0. The van der Waals surface area contributed by atoms with Crippen LogP contribution < -0.4 is 0 Å². The van der Waals surface area contributed by atoms with Gasteiger partial charge in [-0.25, -0.2) is 4.57 Å². The first kappa shape index (κ1) is 43.1. The molecule has 0 spiro atoms. The first-order chi connectivity index (χ1) is 21.1. The highest BCUT2D eigenvalue weighted by atomic mass is 31.2. The van der Waals surface area contributed by atoms with Gasteiger partial charge < -0.3 is 9.79 Å². The molecule has 0 saturated heterocycles. The van der Waals surface area contributed by atoms with Gasteiger partial charge in [-0.05, 0) is 38.8 Å². The van der Waals surface area contributed by atoms with Crippen LogP contribution in [0.2, 0.25) is 0 Å². The monoisotopic (exact) mass is 632 g/mol. The molecular weight excluding hydrogens is 553 g/mol. The molecule has 0 rings (SSSR count). The Morgan fingerprint density at radius 1 is 0.395 bits per heavy atom. The molecule has 0 saturated carbocycles. The third-order valence-corrected chi connectivity index (χ3v) is 9.80. The number of unbranched alkanes of at least 4 members (excludes halogenated alkanes) is 25. The van der Waals surface area contributed by atoms with E-state index in [1.54, 1.807) is 0 Å². The number of hydrogen-bond donors (Lipinski definition) is 1. The topological polar surface area (TPSA) is 59.0 Å². The maximum atomic E-state index is 12.3. The molecule has 0 aliphatic heterocycles. The molecule has 5 nitrogen and oxygen atoms in total. The van der Waals surface area contributed by atoms with E-state index in [1.807, 2.05) is 0 Å². The van der Waals surface area contributed by atoms with E-state index >= 15 is 0 Å². The van der Waals surface area contributed by atoms with Crippen molar-refractivity contribution in [2.45, 2.75) is 207 Å². The predicted octanol–water partition coefficient (Wildman–Crippen LogP) is 12.8. The van der Waals surface area contributed by atoms with Gasteiger partial charge >= 0.3 is 7.82 Å². The molecule has 0 aromatic rings. The van der Waals surface area contributed by atoms with Gasteiger partial charge in [-0.1, -0.05) is 181 Å². The maximum absolute atomic E-state index is 12.3. The van der Waals surface area contributed by atoms with Gasteiger partial charge in [0.1, 0.15) is 0 Å². The van der Waals surface area contributed by atoms with Crippen LogP contribution in [0.4, 0.5) is 0 Å². The molecule has 43 heavy (non-hydrogen) atoms. The fraction of sp³-hybridized carbons (Fsp3) is 1.00. The maximum Gasteiger partial charge on any atom is 0.472 e. The highest BCUT2D eigenvalue weighted by Crippen LogP contribution is 2.43. The summed E-state index contributed by atoms with van der Waals surface area (Å²) in [6.45, 7) is 10.6. The van der Waals surface area contributed by atoms with Gasteiger partial charge in [-0.2, -0.15) is 0 Å². The number of hydrogen-bond acceptors (Lipinski definition) is 4. The summed E-state index contributed by atoms with van der Waals surface area (Å²) in [6.07, 6.45) is 37.5. The molecule has 0 aliphatic rings. The summed E-state index contributed by atoms with van der Waals surface area (Å²) in [6, 6.07) is 0. The molecule has 260 valence electrons. The minimum absolute atomic E-state index is 0.290. The van der Waals surface area contributed by atoms with E-state index < -0.39 is 7.82 Å². The van der Waals surface area contributed by atoms with Gasteiger partial charge in [0.15, 0.2) is 0 Å². The molecule has 6 heteroatoms. The highest BCUT2D eigenvalue weighted by molar-refractivity contribution is 7.47. The van der Waals surface area contributed by atoms with Crippen molar-refractivity contribution in [3.05, 3.63) is 0 Å². The summed E-state index contributed by atoms with van der Waals surface area (Å²) in [7, 11) is -3.94. The first-order valence-electron chi connectivity index (χ1n) is 19.4. The second-order valence-electron chi connectivity index (χ2n) is 13.2. The SMILES string of the molecule is CCCCCCCCCCCCOP(=O)(O)OCCCN(CCCCCCCCCCC)CCCCCCCCCCC. The molecule has 1 unspecified atom stereocenters. The van der Waals surface area contributed by atoms with E-state index in [2.05, 4.69) is 25.7 Å². The van der Waals surface area contributed by atoms with Gasteiger partial charge in [-0.3, -0.25) is 9.05 Å². The minimum Gasteiger partial charge on any atom is -0.303 e. The molecule has 0 radical (unpaired) electrons. The van der Waals surface area contributed by atoms with Crippen LogP contribution in [0.1, 0.15) is 207 Å². The van der Waals surface area contributed by atoms with Crippen molar-refractivity contribution < 1.29 is 18.5 Å². The van der Waals surface area contributed by atoms with Crippen LogP contribution in [0.15, 0.2) is 0 Å². The fourth-order valence-electron chi connectivity index (χ4n) is 5.90. The normalized spacial score (nSPS) is 13.2. The van der Waals surface area contributed by atoms with Gasteiger partial charge in [0.2, 0.25) is 0 Å². The van der Waals surface area contributed by atoms with Crippen molar-refractivity contribution in [1.29, 1.82) is 0 Å². The van der Waals surface area contributed by atoms with Crippen molar-refractivity contribution in [3.8, 4) is 0 Å². The first-order valence-corrected chi connectivity index (χ1v) is 20.9. The fourth-order valence-corrected chi connectivity index (χ4v) is 6.70. The molecule has 0 aromatic heterocycles. The van der Waals surface area contributed by atoms with Crippen LogP contribution in [-0.2, 0) is 13.6 Å². The van der Waals surface area contributed by atoms with Gasteiger partial charge in [-0.15, -0.1) is 0 Å². The Bertz CT molecular complexity index is 555. The minimum atomic E-state index is -3.94. The number of rotatable bonds is 37. The zero-order valence-electron chi connectivity index (χ0n) is 29.6. The molecule has 0 amide bonds. The molecule has 1 N–H and O–H groups in total. The van der Waals surface area contributed by atoms with E-state index in [4.69, 9.17) is 9.05 Å². The van der Waals surface area contributed by atoms with Crippen LogP contribution in [0.5, 0.6) is 0 Å². The zero-order valence-corrected chi connectivity index (χ0v) is 30.5. The van der Waals surface area contributed by atoms with E-state index in [1.165, 1.54) is 167 Å². The standard InChI is InChI=1S/C37H78NO4P/c1-4-7-10-13-16-19-22-25-28-31-36-41-43(39,40)42-37-32-35-38(33-29-26-23-20-17-14-11-8-5-2)34-30-27-24-21-18-15-12-9-6-3/h4-37H2,1-3H3,(H,39,40). The Morgan fingerprint density at radius 3 is 1.00 bits per heavy atom. The Balaban J connectivity index is 4.07. The Morgan fingerprint density at radius 2 is 0.651 bits per heavy atom. The third kappa shape index (κ3) is 34.8. The van der Waals surface area contributed by atoms with Crippen molar-refractivity contribution in [3.63, 3.8) is 0 Å². The molecule has 0 heterocycles. The predicted molar refractivity (Wildman–Crippen MR) is 189 cm³/mol. The molecule has 1 atom stereocenters. The summed E-state index contributed by atoms with van der Waals surface area (Å²) in [5.41, 5.74) is 0. The Kier molecular flexibility index (Phi) is 35.0. The lowest BCUT2D eigenvalue weighted by atomic mass is 10.1.